The fourth-order valence-electron chi connectivity index (χ4n) is 2.47. The maximum atomic E-state index is 5.93. The third-order valence-corrected chi connectivity index (χ3v) is 3.77. The van der Waals surface area contributed by atoms with Crippen molar-refractivity contribution >= 4 is 17.5 Å². The number of hydrogen-bond acceptors (Lipinski definition) is 6. The van der Waals surface area contributed by atoms with E-state index in [4.69, 9.17) is 25.8 Å². The van der Waals surface area contributed by atoms with Crippen molar-refractivity contribution in [2.75, 3.05) is 38.3 Å². The summed E-state index contributed by atoms with van der Waals surface area (Å²) < 4.78 is 16.5. The molecule has 0 bridgehead atoms. The van der Waals surface area contributed by atoms with Gasteiger partial charge in [0.1, 0.15) is 5.02 Å². The van der Waals surface area contributed by atoms with Crippen LogP contribution in [0.15, 0.2) is 6.20 Å². The molecule has 0 saturated carbocycles. The zero-order chi connectivity index (χ0) is 13.3. The van der Waals surface area contributed by atoms with E-state index in [-0.39, 0.29) is 5.79 Å². The molecule has 2 aliphatic rings. The highest BCUT2D eigenvalue weighted by molar-refractivity contribution is 6.31. The Labute approximate surface area is 116 Å². The Morgan fingerprint density at radius 1 is 1.32 bits per heavy atom. The van der Waals surface area contributed by atoms with Crippen molar-refractivity contribution in [1.29, 1.82) is 0 Å². The maximum Gasteiger partial charge on any atom is 0.237 e. The molecule has 3 heterocycles. The van der Waals surface area contributed by atoms with Crippen LogP contribution in [0.4, 0.5) is 5.95 Å². The fourth-order valence-corrected chi connectivity index (χ4v) is 2.64. The van der Waals surface area contributed by atoms with Crippen molar-refractivity contribution in [3.8, 4) is 5.88 Å². The number of nitrogens with zero attached hydrogens (tertiary/aromatic N) is 3. The van der Waals surface area contributed by atoms with Crippen LogP contribution in [0.25, 0.3) is 0 Å². The van der Waals surface area contributed by atoms with Crippen molar-refractivity contribution in [1.82, 2.24) is 9.97 Å². The van der Waals surface area contributed by atoms with Crippen LogP contribution in [0.3, 0.4) is 0 Å². The monoisotopic (exact) mass is 285 g/mol. The number of rotatable bonds is 2. The van der Waals surface area contributed by atoms with E-state index in [1.54, 1.807) is 13.3 Å². The van der Waals surface area contributed by atoms with Crippen molar-refractivity contribution in [3.63, 3.8) is 0 Å². The molecular weight excluding hydrogens is 270 g/mol. The smallest absolute Gasteiger partial charge is 0.237 e. The molecule has 0 aliphatic carbocycles. The molecule has 1 aromatic heterocycles. The second kappa shape index (κ2) is 5.11. The molecule has 104 valence electrons. The predicted octanol–water partition coefficient (Wildman–Crippen LogP) is 1.48. The van der Waals surface area contributed by atoms with E-state index in [1.807, 2.05) is 0 Å². The number of methoxy groups -OCH3 is 1. The summed E-state index contributed by atoms with van der Waals surface area (Å²) in [6.07, 6.45) is 3.21. The summed E-state index contributed by atoms with van der Waals surface area (Å²) in [5.74, 6) is 0.655. The Hall–Kier alpha value is -1.11. The van der Waals surface area contributed by atoms with Crippen LogP contribution in [0.1, 0.15) is 12.8 Å². The minimum absolute atomic E-state index is 0.382. The normalized spacial score (nSPS) is 21.9. The van der Waals surface area contributed by atoms with Crippen molar-refractivity contribution < 1.29 is 14.2 Å². The van der Waals surface area contributed by atoms with E-state index in [0.717, 1.165) is 25.9 Å². The first-order valence-electron chi connectivity index (χ1n) is 6.32. The molecule has 0 aromatic carbocycles. The fraction of sp³-hybridized carbons (Fsp3) is 0.667. The van der Waals surface area contributed by atoms with Crippen LogP contribution < -0.4 is 9.64 Å². The molecular formula is C12H16ClN3O3. The van der Waals surface area contributed by atoms with E-state index in [2.05, 4.69) is 14.9 Å². The second-order valence-electron chi connectivity index (χ2n) is 4.62. The molecule has 0 N–H and O–H groups in total. The molecule has 7 heteroatoms. The Bertz CT molecular complexity index is 456. The van der Waals surface area contributed by atoms with Gasteiger partial charge < -0.3 is 19.1 Å². The van der Waals surface area contributed by atoms with Gasteiger partial charge in [0.25, 0.3) is 0 Å². The molecule has 19 heavy (non-hydrogen) atoms. The molecule has 0 amide bonds. The quantitative estimate of drug-likeness (QED) is 0.820. The zero-order valence-corrected chi connectivity index (χ0v) is 11.5. The van der Waals surface area contributed by atoms with Gasteiger partial charge in [-0.25, -0.2) is 4.98 Å². The first kappa shape index (κ1) is 12.9. The summed E-state index contributed by atoms with van der Waals surface area (Å²) in [5, 5.41) is 0.419. The molecule has 0 unspecified atom stereocenters. The summed E-state index contributed by atoms with van der Waals surface area (Å²) >= 11 is 5.93. The Morgan fingerprint density at radius 3 is 2.63 bits per heavy atom. The molecule has 0 atom stereocenters. The van der Waals surface area contributed by atoms with Gasteiger partial charge in [-0.05, 0) is 0 Å². The average Bonchev–Trinajstić information content (AvgIpc) is 2.89. The van der Waals surface area contributed by atoms with Gasteiger partial charge in [0.15, 0.2) is 5.79 Å². The number of anilines is 1. The number of ether oxygens (including phenoxy) is 3. The second-order valence-corrected chi connectivity index (χ2v) is 5.03. The van der Waals surface area contributed by atoms with Crippen LogP contribution in [-0.4, -0.2) is 49.2 Å². The lowest BCUT2D eigenvalue weighted by Gasteiger charge is -2.37. The first-order chi connectivity index (χ1) is 9.22. The SMILES string of the molecule is COc1nc(N2CCC3(CC2)OCCO3)ncc1Cl. The van der Waals surface area contributed by atoms with E-state index in [1.165, 1.54) is 0 Å². The number of hydrogen-bond donors (Lipinski definition) is 0. The van der Waals surface area contributed by atoms with Gasteiger partial charge in [0.2, 0.25) is 11.8 Å². The first-order valence-corrected chi connectivity index (χ1v) is 6.70. The lowest BCUT2D eigenvalue weighted by molar-refractivity contribution is -0.169. The standard InChI is InChI=1S/C12H16ClN3O3/c1-17-10-9(13)8-14-11(15-10)16-4-2-12(3-5-16)18-6-7-19-12/h8H,2-7H2,1H3. The Kier molecular flexibility index (Phi) is 3.47. The molecule has 6 nitrogen and oxygen atoms in total. The van der Waals surface area contributed by atoms with E-state index >= 15 is 0 Å². The number of piperidine rings is 1. The van der Waals surface area contributed by atoms with Gasteiger partial charge in [-0.1, -0.05) is 11.6 Å². The van der Waals surface area contributed by atoms with Crippen LogP contribution >= 0.6 is 11.6 Å². The van der Waals surface area contributed by atoms with E-state index in [9.17, 15) is 0 Å². The summed E-state index contributed by atoms with van der Waals surface area (Å²) in [7, 11) is 1.55. The minimum atomic E-state index is -0.382. The average molecular weight is 286 g/mol. The Balaban J connectivity index is 1.71. The van der Waals surface area contributed by atoms with Crippen LogP contribution in [0.5, 0.6) is 5.88 Å². The van der Waals surface area contributed by atoms with Crippen molar-refractivity contribution in [3.05, 3.63) is 11.2 Å². The van der Waals surface area contributed by atoms with Crippen molar-refractivity contribution in [2.24, 2.45) is 0 Å². The molecule has 1 aromatic rings. The molecule has 2 fully saturated rings. The largest absolute Gasteiger partial charge is 0.480 e. The molecule has 0 radical (unpaired) electrons. The minimum Gasteiger partial charge on any atom is -0.480 e. The van der Waals surface area contributed by atoms with Gasteiger partial charge in [-0.15, -0.1) is 0 Å². The molecule has 3 rings (SSSR count). The molecule has 2 aliphatic heterocycles. The highest BCUT2D eigenvalue weighted by Gasteiger charge is 2.40. The maximum absolute atomic E-state index is 5.93. The summed E-state index contributed by atoms with van der Waals surface area (Å²) in [6.45, 7) is 2.96. The van der Waals surface area contributed by atoms with Gasteiger partial charge in [-0.3, -0.25) is 0 Å². The van der Waals surface area contributed by atoms with E-state index < -0.39 is 0 Å². The summed E-state index contributed by atoms with van der Waals surface area (Å²) in [4.78, 5) is 10.6. The number of halogens is 1. The summed E-state index contributed by atoms with van der Waals surface area (Å²) in [6, 6.07) is 0. The third kappa shape index (κ3) is 2.48. The third-order valence-electron chi connectivity index (χ3n) is 3.51. The lowest BCUT2D eigenvalue weighted by atomic mass is 10.0. The topological polar surface area (TPSA) is 56.7 Å². The van der Waals surface area contributed by atoms with E-state index in [0.29, 0.717) is 30.1 Å². The predicted molar refractivity (Wildman–Crippen MR) is 69.7 cm³/mol. The van der Waals surface area contributed by atoms with Gasteiger partial charge >= 0.3 is 0 Å². The van der Waals surface area contributed by atoms with Gasteiger partial charge in [0.05, 0.1) is 26.5 Å². The van der Waals surface area contributed by atoms with Gasteiger partial charge in [-0.2, -0.15) is 4.98 Å². The van der Waals surface area contributed by atoms with Crippen LogP contribution in [0.2, 0.25) is 5.02 Å². The van der Waals surface area contributed by atoms with Crippen molar-refractivity contribution in [2.45, 2.75) is 18.6 Å². The van der Waals surface area contributed by atoms with Crippen LogP contribution in [0, 0.1) is 0 Å². The number of aromatic nitrogens is 2. The zero-order valence-electron chi connectivity index (χ0n) is 10.8. The lowest BCUT2D eigenvalue weighted by Crippen LogP contribution is -2.45. The highest BCUT2D eigenvalue weighted by atomic mass is 35.5. The molecule has 2 saturated heterocycles. The Morgan fingerprint density at radius 2 is 2.00 bits per heavy atom. The summed E-state index contributed by atoms with van der Waals surface area (Å²) in [5.41, 5.74) is 0. The highest BCUT2D eigenvalue weighted by Crippen LogP contribution is 2.33. The molecule has 1 spiro atoms. The van der Waals surface area contributed by atoms with Gasteiger partial charge in [0, 0.05) is 25.9 Å². The van der Waals surface area contributed by atoms with Crippen LogP contribution in [-0.2, 0) is 9.47 Å².